The highest BCUT2D eigenvalue weighted by atomic mass is 32.1. The topological polar surface area (TPSA) is 81.2 Å². The van der Waals surface area contributed by atoms with Gasteiger partial charge in [-0.05, 0) is 31.5 Å². The maximum atomic E-state index is 7.54. The Hall–Kier alpha value is -2.08. The van der Waals surface area contributed by atoms with Crippen LogP contribution in [0.3, 0.4) is 0 Å². The van der Waals surface area contributed by atoms with Crippen LogP contribution in [-0.4, -0.2) is 24.5 Å². The molecule has 0 aliphatic rings. The average molecular weight is 305 g/mol. The summed E-state index contributed by atoms with van der Waals surface area (Å²) in [5.41, 5.74) is 7.25. The Morgan fingerprint density at radius 3 is 2.71 bits per heavy atom. The van der Waals surface area contributed by atoms with Crippen molar-refractivity contribution in [1.82, 2.24) is 4.98 Å². The van der Waals surface area contributed by atoms with Gasteiger partial charge in [-0.1, -0.05) is 6.92 Å². The van der Waals surface area contributed by atoms with Gasteiger partial charge in [0.05, 0.1) is 24.3 Å². The molecule has 0 bridgehead atoms. The summed E-state index contributed by atoms with van der Waals surface area (Å²) in [5.74, 6) is 1.45. The van der Waals surface area contributed by atoms with Gasteiger partial charge in [0.2, 0.25) is 0 Å². The minimum Gasteiger partial charge on any atom is -0.493 e. The van der Waals surface area contributed by atoms with Crippen LogP contribution in [0.5, 0.6) is 11.5 Å². The molecule has 0 saturated carbocycles. The van der Waals surface area contributed by atoms with Crippen molar-refractivity contribution < 1.29 is 9.47 Å². The first-order valence-corrected chi connectivity index (χ1v) is 7.51. The Balaban J connectivity index is 2.36. The fourth-order valence-corrected chi connectivity index (χ4v) is 2.83. The summed E-state index contributed by atoms with van der Waals surface area (Å²) in [5, 5.41) is 8.36. The molecule has 0 aliphatic carbocycles. The molecule has 0 spiro atoms. The van der Waals surface area contributed by atoms with Crippen LogP contribution in [0.1, 0.15) is 23.9 Å². The van der Waals surface area contributed by atoms with Gasteiger partial charge in [0.25, 0.3) is 0 Å². The van der Waals surface area contributed by atoms with Crippen molar-refractivity contribution in [3.63, 3.8) is 0 Å². The minimum atomic E-state index is 0.0473. The number of hydrogen-bond donors (Lipinski definition) is 2. The zero-order valence-electron chi connectivity index (χ0n) is 12.4. The molecule has 1 aromatic heterocycles. The van der Waals surface area contributed by atoms with E-state index in [1.807, 2.05) is 25.1 Å². The Labute approximate surface area is 128 Å². The molecule has 1 heterocycles. The third kappa shape index (κ3) is 3.33. The summed E-state index contributed by atoms with van der Waals surface area (Å²) in [6, 6.07) is 5.72. The maximum Gasteiger partial charge on any atom is 0.161 e. The van der Waals surface area contributed by atoms with Crippen molar-refractivity contribution in [2.45, 2.75) is 20.3 Å². The first-order chi connectivity index (χ1) is 10.1. The number of nitrogens with one attached hydrogen (secondary N) is 1. The molecule has 2 rings (SSSR count). The van der Waals surface area contributed by atoms with Crippen LogP contribution in [0.25, 0.3) is 10.6 Å². The number of ether oxygens (including phenoxy) is 2. The highest BCUT2D eigenvalue weighted by molar-refractivity contribution is 7.17. The molecule has 0 fully saturated rings. The van der Waals surface area contributed by atoms with Crippen LogP contribution in [0.15, 0.2) is 18.2 Å². The summed E-state index contributed by atoms with van der Waals surface area (Å²) in [6.45, 7) is 4.57. The number of aryl methyl sites for hydroxylation is 1. The van der Waals surface area contributed by atoms with Crippen LogP contribution in [0.4, 0.5) is 0 Å². The van der Waals surface area contributed by atoms with Gasteiger partial charge in [0.15, 0.2) is 11.5 Å². The van der Waals surface area contributed by atoms with E-state index in [0.29, 0.717) is 17.2 Å². The van der Waals surface area contributed by atoms with Crippen LogP contribution < -0.4 is 15.2 Å². The summed E-state index contributed by atoms with van der Waals surface area (Å²) in [6.07, 6.45) is 0.943. The first-order valence-electron chi connectivity index (χ1n) is 6.69. The quantitative estimate of drug-likeness (QED) is 0.634. The Kier molecular flexibility index (Phi) is 4.80. The Bertz CT molecular complexity index is 652. The zero-order chi connectivity index (χ0) is 15.4. The number of amidine groups is 1. The number of nitrogens with zero attached hydrogens (tertiary/aromatic N) is 1. The Morgan fingerprint density at radius 2 is 2.14 bits per heavy atom. The number of aromatic nitrogens is 1. The molecule has 0 atom stereocenters. The van der Waals surface area contributed by atoms with Crippen molar-refractivity contribution >= 4 is 17.2 Å². The van der Waals surface area contributed by atoms with Crippen LogP contribution in [0.2, 0.25) is 0 Å². The van der Waals surface area contributed by atoms with Gasteiger partial charge < -0.3 is 15.2 Å². The second-order valence-electron chi connectivity index (χ2n) is 4.56. The van der Waals surface area contributed by atoms with Gasteiger partial charge in [0.1, 0.15) is 10.8 Å². The number of nitrogen functional groups attached to an aromatic ring is 1. The molecule has 0 amide bonds. The largest absolute Gasteiger partial charge is 0.493 e. The molecule has 2 aromatic rings. The molecule has 0 unspecified atom stereocenters. The van der Waals surface area contributed by atoms with E-state index in [4.69, 9.17) is 20.6 Å². The molecule has 0 radical (unpaired) electrons. The fraction of sp³-hybridized carbons (Fsp3) is 0.333. The molecule has 0 saturated heterocycles. The number of rotatable bonds is 6. The maximum absolute atomic E-state index is 7.54. The van der Waals surface area contributed by atoms with Gasteiger partial charge >= 0.3 is 0 Å². The summed E-state index contributed by atoms with van der Waals surface area (Å²) in [7, 11) is 1.62. The molecule has 6 heteroatoms. The lowest BCUT2D eigenvalue weighted by Gasteiger charge is -2.10. The SMILES string of the molecule is CCCOc1ccc(-c2nc(C)c(C(=N)N)s2)cc1OC. The highest BCUT2D eigenvalue weighted by Gasteiger charge is 2.13. The van der Waals surface area contributed by atoms with E-state index in [0.717, 1.165) is 28.4 Å². The zero-order valence-corrected chi connectivity index (χ0v) is 13.2. The van der Waals surface area contributed by atoms with E-state index in [1.54, 1.807) is 7.11 Å². The third-order valence-electron chi connectivity index (χ3n) is 2.91. The summed E-state index contributed by atoms with van der Waals surface area (Å²) < 4.78 is 11.0. The third-order valence-corrected chi connectivity index (χ3v) is 4.15. The van der Waals surface area contributed by atoms with Crippen molar-refractivity contribution in [2.24, 2.45) is 5.73 Å². The monoisotopic (exact) mass is 305 g/mol. The van der Waals surface area contributed by atoms with Crippen molar-refractivity contribution in [3.8, 4) is 22.1 Å². The molecule has 0 aliphatic heterocycles. The fourth-order valence-electron chi connectivity index (χ4n) is 1.90. The lowest BCUT2D eigenvalue weighted by molar-refractivity contribution is 0.294. The standard InChI is InChI=1S/C15H19N3O2S/c1-4-7-20-11-6-5-10(8-12(11)19-3)15-18-9(2)13(21-15)14(16)17/h5-6,8H,4,7H2,1-3H3,(H3,16,17). The van der Waals surface area contributed by atoms with Crippen molar-refractivity contribution in [1.29, 1.82) is 5.41 Å². The molecular weight excluding hydrogens is 286 g/mol. The number of methoxy groups -OCH3 is 1. The number of thiazole rings is 1. The van der Waals surface area contributed by atoms with Crippen LogP contribution in [-0.2, 0) is 0 Å². The smallest absolute Gasteiger partial charge is 0.161 e. The summed E-state index contributed by atoms with van der Waals surface area (Å²) in [4.78, 5) is 5.17. The first kappa shape index (κ1) is 15.3. The normalized spacial score (nSPS) is 10.4. The predicted molar refractivity (Wildman–Crippen MR) is 85.6 cm³/mol. The van der Waals surface area contributed by atoms with Crippen LogP contribution >= 0.6 is 11.3 Å². The molecule has 5 nitrogen and oxygen atoms in total. The lowest BCUT2D eigenvalue weighted by atomic mass is 10.2. The average Bonchev–Trinajstić information content (AvgIpc) is 2.87. The Morgan fingerprint density at radius 1 is 1.38 bits per heavy atom. The van der Waals surface area contributed by atoms with E-state index in [-0.39, 0.29) is 5.84 Å². The van der Waals surface area contributed by atoms with Crippen LogP contribution in [0, 0.1) is 12.3 Å². The number of benzene rings is 1. The van der Waals surface area contributed by atoms with Crippen molar-refractivity contribution in [3.05, 3.63) is 28.8 Å². The van der Waals surface area contributed by atoms with E-state index < -0.39 is 0 Å². The predicted octanol–water partition coefficient (Wildman–Crippen LogP) is 3.20. The molecule has 21 heavy (non-hydrogen) atoms. The lowest BCUT2D eigenvalue weighted by Crippen LogP contribution is -2.10. The number of nitrogens with two attached hydrogens (primary N) is 1. The van der Waals surface area contributed by atoms with E-state index >= 15 is 0 Å². The minimum absolute atomic E-state index is 0.0473. The molecule has 112 valence electrons. The summed E-state index contributed by atoms with van der Waals surface area (Å²) >= 11 is 1.41. The van der Waals surface area contributed by atoms with E-state index in [9.17, 15) is 0 Å². The highest BCUT2D eigenvalue weighted by Crippen LogP contribution is 2.35. The van der Waals surface area contributed by atoms with E-state index in [2.05, 4.69) is 11.9 Å². The van der Waals surface area contributed by atoms with Gasteiger partial charge in [0, 0.05) is 5.56 Å². The second-order valence-corrected chi connectivity index (χ2v) is 5.56. The van der Waals surface area contributed by atoms with Gasteiger partial charge in [-0.3, -0.25) is 5.41 Å². The van der Waals surface area contributed by atoms with Crippen molar-refractivity contribution in [2.75, 3.05) is 13.7 Å². The molecule has 1 aromatic carbocycles. The number of hydrogen-bond acceptors (Lipinski definition) is 5. The van der Waals surface area contributed by atoms with Gasteiger partial charge in [-0.2, -0.15) is 0 Å². The molecule has 3 N–H and O–H groups in total. The molecular formula is C15H19N3O2S. The van der Waals surface area contributed by atoms with Gasteiger partial charge in [-0.15, -0.1) is 11.3 Å². The van der Waals surface area contributed by atoms with E-state index in [1.165, 1.54) is 11.3 Å². The second kappa shape index (κ2) is 6.58. The van der Waals surface area contributed by atoms with Gasteiger partial charge in [-0.25, -0.2) is 4.98 Å².